The van der Waals surface area contributed by atoms with Crippen molar-refractivity contribution in [1.29, 1.82) is 0 Å². The Kier molecular flexibility index (Phi) is 5.73. The van der Waals surface area contributed by atoms with Crippen LogP contribution < -0.4 is 10.2 Å². The number of hydrogen-bond donors (Lipinski definition) is 1. The number of hydrogen-bond acceptors (Lipinski definition) is 5. The number of benzene rings is 2. The van der Waals surface area contributed by atoms with E-state index in [1.54, 1.807) is 36.4 Å². The molecule has 7 nitrogen and oxygen atoms in total. The highest BCUT2D eigenvalue weighted by Gasteiger charge is 2.25. The van der Waals surface area contributed by atoms with E-state index in [0.717, 1.165) is 25.9 Å². The van der Waals surface area contributed by atoms with E-state index in [-0.39, 0.29) is 17.0 Å². The molecule has 1 atom stereocenters. The Morgan fingerprint density at radius 2 is 1.82 bits per heavy atom. The average molecular weight is 381 g/mol. The molecule has 2 aromatic carbocycles. The molecule has 0 bridgehead atoms. The van der Waals surface area contributed by atoms with E-state index in [4.69, 9.17) is 0 Å². The van der Waals surface area contributed by atoms with Crippen molar-refractivity contribution in [2.24, 2.45) is 5.92 Å². The molecule has 1 fully saturated rings. The van der Waals surface area contributed by atoms with Crippen molar-refractivity contribution in [3.8, 4) is 0 Å². The highest BCUT2D eigenvalue weighted by atomic mass is 16.6. The molecule has 7 heteroatoms. The van der Waals surface area contributed by atoms with E-state index in [1.807, 2.05) is 4.90 Å². The molecule has 146 valence electrons. The third-order valence-corrected chi connectivity index (χ3v) is 4.98. The highest BCUT2D eigenvalue weighted by Crippen LogP contribution is 2.32. The fourth-order valence-corrected chi connectivity index (χ4v) is 3.48. The van der Waals surface area contributed by atoms with Gasteiger partial charge in [0.15, 0.2) is 5.78 Å². The van der Waals surface area contributed by atoms with Crippen LogP contribution in [0.15, 0.2) is 42.5 Å². The summed E-state index contributed by atoms with van der Waals surface area (Å²) < 4.78 is 0. The number of amides is 1. The molecule has 0 aromatic heterocycles. The molecule has 1 aliphatic heterocycles. The monoisotopic (exact) mass is 381 g/mol. The Bertz CT molecular complexity index is 908. The molecule has 0 unspecified atom stereocenters. The molecule has 1 amide bonds. The smallest absolute Gasteiger partial charge is 0.293 e. The summed E-state index contributed by atoms with van der Waals surface area (Å²) in [6.07, 6.45) is 2.12. The lowest BCUT2D eigenvalue weighted by Gasteiger charge is -2.32. The molecule has 3 rings (SSSR count). The third kappa shape index (κ3) is 4.36. The lowest BCUT2D eigenvalue weighted by atomic mass is 9.99. The standard InChI is InChI=1S/C21H23N3O4/c1-14-4-3-11-23(13-14)19-10-7-17(12-20(19)24(27)28)21(26)22-18-8-5-16(6-9-18)15(2)25/h5-10,12,14H,3-4,11,13H2,1-2H3,(H,22,26)/t14-/m0/s1. The van der Waals surface area contributed by atoms with Gasteiger partial charge in [0.1, 0.15) is 5.69 Å². The predicted octanol–water partition coefficient (Wildman–Crippen LogP) is 4.29. The zero-order chi connectivity index (χ0) is 20.3. The van der Waals surface area contributed by atoms with Crippen LogP contribution in [-0.2, 0) is 0 Å². The minimum atomic E-state index is -0.437. The van der Waals surface area contributed by atoms with Crippen molar-refractivity contribution in [1.82, 2.24) is 0 Å². The highest BCUT2D eigenvalue weighted by molar-refractivity contribution is 6.05. The Balaban J connectivity index is 1.81. The summed E-state index contributed by atoms with van der Waals surface area (Å²) in [5, 5.41) is 14.3. The first kappa shape index (κ1) is 19.5. The van der Waals surface area contributed by atoms with Gasteiger partial charge in [0, 0.05) is 36.0 Å². The van der Waals surface area contributed by atoms with Crippen molar-refractivity contribution in [3.63, 3.8) is 0 Å². The van der Waals surface area contributed by atoms with Gasteiger partial charge in [0.2, 0.25) is 0 Å². The van der Waals surface area contributed by atoms with E-state index in [0.29, 0.717) is 22.9 Å². The lowest BCUT2D eigenvalue weighted by Crippen LogP contribution is -2.34. The number of anilines is 2. The number of piperidine rings is 1. The van der Waals surface area contributed by atoms with Crippen LogP contribution in [0.25, 0.3) is 0 Å². The van der Waals surface area contributed by atoms with Gasteiger partial charge < -0.3 is 10.2 Å². The predicted molar refractivity (Wildman–Crippen MR) is 108 cm³/mol. The molecule has 1 heterocycles. The summed E-state index contributed by atoms with van der Waals surface area (Å²) in [5.74, 6) is -0.0114. The van der Waals surface area contributed by atoms with E-state index in [2.05, 4.69) is 12.2 Å². The van der Waals surface area contributed by atoms with Crippen LogP contribution in [0, 0.1) is 16.0 Å². The lowest BCUT2D eigenvalue weighted by molar-refractivity contribution is -0.384. The van der Waals surface area contributed by atoms with Crippen molar-refractivity contribution in [2.75, 3.05) is 23.3 Å². The normalized spacial score (nSPS) is 16.5. The SMILES string of the molecule is CC(=O)c1ccc(NC(=O)c2ccc(N3CCC[C@H](C)C3)c([N+](=O)[O-])c2)cc1. The quantitative estimate of drug-likeness (QED) is 0.474. The van der Waals surface area contributed by atoms with Crippen LogP contribution in [0.2, 0.25) is 0 Å². The summed E-state index contributed by atoms with van der Waals surface area (Å²) in [6.45, 7) is 5.16. The topological polar surface area (TPSA) is 92.6 Å². The number of nitro benzene ring substituents is 1. The molecule has 28 heavy (non-hydrogen) atoms. The van der Waals surface area contributed by atoms with Gasteiger partial charge in [0.25, 0.3) is 11.6 Å². The van der Waals surface area contributed by atoms with Gasteiger partial charge in [-0.3, -0.25) is 19.7 Å². The van der Waals surface area contributed by atoms with Gasteiger partial charge >= 0.3 is 0 Å². The van der Waals surface area contributed by atoms with Crippen molar-refractivity contribution in [2.45, 2.75) is 26.7 Å². The van der Waals surface area contributed by atoms with E-state index >= 15 is 0 Å². The Labute approximate surface area is 163 Å². The van der Waals surface area contributed by atoms with Crippen molar-refractivity contribution >= 4 is 28.8 Å². The van der Waals surface area contributed by atoms with E-state index < -0.39 is 10.8 Å². The number of ketones is 1. The van der Waals surface area contributed by atoms with Gasteiger partial charge in [-0.2, -0.15) is 0 Å². The molecule has 0 radical (unpaired) electrons. The molecule has 0 spiro atoms. The molecular weight excluding hydrogens is 358 g/mol. The molecule has 0 saturated carbocycles. The van der Waals surface area contributed by atoms with Crippen molar-refractivity contribution in [3.05, 3.63) is 63.7 Å². The maximum atomic E-state index is 12.5. The summed E-state index contributed by atoms with van der Waals surface area (Å²) in [5.41, 5.74) is 1.78. The molecule has 1 N–H and O–H groups in total. The van der Waals surface area contributed by atoms with Gasteiger partial charge in [0.05, 0.1) is 4.92 Å². The maximum Gasteiger partial charge on any atom is 0.293 e. The van der Waals surface area contributed by atoms with E-state index in [9.17, 15) is 19.7 Å². The number of carbonyl (C=O) groups excluding carboxylic acids is 2. The zero-order valence-electron chi connectivity index (χ0n) is 16.0. The zero-order valence-corrected chi connectivity index (χ0v) is 16.0. The number of nitrogens with zero attached hydrogens (tertiary/aromatic N) is 2. The van der Waals surface area contributed by atoms with Gasteiger partial charge in [-0.25, -0.2) is 0 Å². The summed E-state index contributed by atoms with van der Waals surface area (Å²) >= 11 is 0. The van der Waals surface area contributed by atoms with E-state index in [1.165, 1.54) is 13.0 Å². The maximum absolute atomic E-state index is 12.5. The Morgan fingerprint density at radius 1 is 1.14 bits per heavy atom. The second-order valence-corrected chi connectivity index (χ2v) is 7.24. The fourth-order valence-electron chi connectivity index (χ4n) is 3.48. The summed E-state index contributed by atoms with van der Waals surface area (Å²) in [7, 11) is 0. The number of carbonyl (C=O) groups is 2. The van der Waals surface area contributed by atoms with Crippen LogP contribution in [0.3, 0.4) is 0 Å². The fraction of sp³-hybridized carbons (Fsp3) is 0.333. The molecule has 2 aromatic rings. The first-order chi connectivity index (χ1) is 13.3. The van der Waals surface area contributed by atoms with Crippen LogP contribution in [0.5, 0.6) is 0 Å². The first-order valence-electron chi connectivity index (χ1n) is 9.31. The largest absolute Gasteiger partial charge is 0.366 e. The number of nitro groups is 1. The van der Waals surface area contributed by atoms with Gasteiger partial charge in [-0.15, -0.1) is 0 Å². The summed E-state index contributed by atoms with van der Waals surface area (Å²) in [4.78, 5) is 37.0. The molecule has 1 aliphatic rings. The van der Waals surface area contributed by atoms with Crippen molar-refractivity contribution < 1.29 is 14.5 Å². The Morgan fingerprint density at radius 3 is 2.43 bits per heavy atom. The van der Waals surface area contributed by atoms with Crippen LogP contribution in [0.4, 0.5) is 17.1 Å². The average Bonchev–Trinajstić information content (AvgIpc) is 2.67. The van der Waals surface area contributed by atoms with Crippen LogP contribution in [-0.4, -0.2) is 29.7 Å². The second-order valence-electron chi connectivity index (χ2n) is 7.24. The third-order valence-electron chi connectivity index (χ3n) is 4.98. The minimum Gasteiger partial charge on any atom is -0.366 e. The molecular formula is C21H23N3O4. The van der Waals surface area contributed by atoms with Crippen LogP contribution in [0.1, 0.15) is 47.4 Å². The second kappa shape index (κ2) is 8.21. The van der Waals surface area contributed by atoms with Gasteiger partial charge in [-0.1, -0.05) is 6.92 Å². The minimum absolute atomic E-state index is 0.0591. The van der Waals surface area contributed by atoms with Gasteiger partial charge in [-0.05, 0) is 62.1 Å². The summed E-state index contributed by atoms with van der Waals surface area (Å²) in [6, 6.07) is 11.1. The van der Waals surface area contributed by atoms with Crippen LogP contribution >= 0.6 is 0 Å². The Hall–Kier alpha value is -3.22. The number of nitrogens with one attached hydrogen (secondary N) is 1. The number of Topliss-reactive ketones (excluding diaryl/α,β-unsaturated/α-hetero) is 1. The first-order valence-corrected chi connectivity index (χ1v) is 9.31. The molecule has 0 aliphatic carbocycles. The molecule has 1 saturated heterocycles. The number of rotatable bonds is 5.